The molecule has 0 saturated heterocycles. The third-order valence-electron chi connectivity index (χ3n) is 3.64. The van der Waals surface area contributed by atoms with Crippen molar-refractivity contribution in [3.05, 3.63) is 24.0 Å². The molecule has 5 nitrogen and oxygen atoms in total. The number of nitrogens with zero attached hydrogens (tertiary/aromatic N) is 2. The molecule has 2 aromatic rings. The number of rotatable bonds is 3. The van der Waals surface area contributed by atoms with Gasteiger partial charge >= 0.3 is 0 Å². The maximum Gasteiger partial charge on any atom is 0.135 e. The molecular formula is C13H17N3O2. The molecule has 1 aromatic heterocycles. The highest BCUT2D eigenvalue weighted by Crippen LogP contribution is 2.30. The molecule has 4 N–H and O–H groups in total. The number of nitrogens with two attached hydrogens (primary N) is 1. The molecule has 1 aliphatic carbocycles. The fraction of sp³-hybridized carbons (Fsp3) is 0.462. The molecule has 96 valence electrons. The van der Waals surface area contributed by atoms with Crippen LogP contribution in [0.15, 0.2) is 18.2 Å². The van der Waals surface area contributed by atoms with E-state index in [0.717, 1.165) is 30.4 Å². The highest BCUT2D eigenvalue weighted by atomic mass is 16.3. The number of hydrogen-bond acceptors (Lipinski definition) is 4. The Morgan fingerprint density at radius 3 is 2.83 bits per heavy atom. The predicted octanol–water partition coefficient (Wildman–Crippen LogP) is 0.882. The van der Waals surface area contributed by atoms with Crippen LogP contribution < -0.4 is 5.73 Å². The highest BCUT2D eigenvalue weighted by Gasteiger charge is 2.28. The summed E-state index contributed by atoms with van der Waals surface area (Å²) in [6.07, 6.45) is 1.51. The quantitative estimate of drug-likeness (QED) is 0.703. The van der Waals surface area contributed by atoms with Crippen LogP contribution in [0.4, 0.5) is 5.69 Å². The highest BCUT2D eigenvalue weighted by molar-refractivity contribution is 5.79. The topological polar surface area (TPSA) is 84.3 Å². The lowest BCUT2D eigenvalue weighted by Crippen LogP contribution is -2.31. The third-order valence-corrected chi connectivity index (χ3v) is 3.64. The van der Waals surface area contributed by atoms with Crippen LogP contribution in [0.1, 0.15) is 18.7 Å². The van der Waals surface area contributed by atoms with Gasteiger partial charge in [-0.2, -0.15) is 0 Å². The molecule has 0 aliphatic heterocycles. The first-order valence-corrected chi connectivity index (χ1v) is 6.21. The lowest BCUT2D eigenvalue weighted by Gasteiger charge is -2.32. The fourth-order valence-corrected chi connectivity index (χ4v) is 2.63. The van der Waals surface area contributed by atoms with E-state index < -0.39 is 0 Å². The van der Waals surface area contributed by atoms with Crippen LogP contribution in [-0.2, 0) is 13.2 Å². The number of aliphatic hydroxyl groups excluding tert-OH is 2. The number of anilines is 1. The minimum atomic E-state index is -0.155. The maximum absolute atomic E-state index is 9.38. The number of hydrogen-bond donors (Lipinski definition) is 3. The Bertz CT molecular complexity index is 573. The first kappa shape index (κ1) is 11.5. The molecule has 0 amide bonds. The van der Waals surface area contributed by atoms with Crippen LogP contribution >= 0.6 is 0 Å². The normalized spacial score (nSPS) is 23.2. The Morgan fingerprint density at radius 1 is 1.39 bits per heavy atom. The summed E-state index contributed by atoms with van der Waals surface area (Å²) in [6, 6.07) is 5.60. The second kappa shape index (κ2) is 4.26. The van der Waals surface area contributed by atoms with Crippen molar-refractivity contribution in [3.8, 4) is 0 Å². The number of imidazole rings is 1. The van der Waals surface area contributed by atoms with Gasteiger partial charge in [-0.05, 0) is 37.0 Å². The lowest BCUT2D eigenvalue weighted by atomic mass is 9.82. The van der Waals surface area contributed by atoms with Gasteiger partial charge in [-0.15, -0.1) is 0 Å². The summed E-state index contributed by atoms with van der Waals surface area (Å²) in [5, 5.41) is 18.7. The van der Waals surface area contributed by atoms with E-state index in [1.165, 1.54) is 0 Å². The zero-order valence-corrected chi connectivity index (χ0v) is 10.1. The summed E-state index contributed by atoms with van der Waals surface area (Å²) in [7, 11) is 0. The Morgan fingerprint density at radius 2 is 2.17 bits per heavy atom. The van der Waals surface area contributed by atoms with Gasteiger partial charge in [0.05, 0.1) is 17.1 Å². The Labute approximate surface area is 105 Å². The van der Waals surface area contributed by atoms with E-state index in [0.29, 0.717) is 17.4 Å². The molecule has 1 fully saturated rings. The van der Waals surface area contributed by atoms with Gasteiger partial charge in [-0.25, -0.2) is 4.98 Å². The molecule has 5 heteroatoms. The summed E-state index contributed by atoms with van der Waals surface area (Å²) in [5.74, 6) is 1.14. The van der Waals surface area contributed by atoms with Crippen molar-refractivity contribution in [3.63, 3.8) is 0 Å². The van der Waals surface area contributed by atoms with Crippen molar-refractivity contribution >= 4 is 16.7 Å². The summed E-state index contributed by atoms with van der Waals surface area (Å²) in [4.78, 5) is 4.39. The predicted molar refractivity (Wildman–Crippen MR) is 68.8 cm³/mol. The first-order valence-electron chi connectivity index (χ1n) is 6.21. The molecule has 0 unspecified atom stereocenters. The largest absolute Gasteiger partial charge is 0.399 e. The van der Waals surface area contributed by atoms with E-state index >= 15 is 0 Å². The monoisotopic (exact) mass is 247 g/mol. The second-order valence-electron chi connectivity index (χ2n) is 5.04. The van der Waals surface area contributed by atoms with Gasteiger partial charge in [-0.1, -0.05) is 0 Å². The van der Waals surface area contributed by atoms with Crippen LogP contribution in [0.3, 0.4) is 0 Å². The summed E-state index contributed by atoms with van der Waals surface area (Å²) >= 11 is 0. The number of aliphatic hydroxyl groups is 2. The van der Waals surface area contributed by atoms with Crippen LogP contribution in [0.5, 0.6) is 0 Å². The third kappa shape index (κ3) is 1.85. The van der Waals surface area contributed by atoms with E-state index in [1.54, 1.807) is 0 Å². The van der Waals surface area contributed by atoms with Crippen LogP contribution in [0, 0.1) is 5.92 Å². The molecule has 0 spiro atoms. The van der Waals surface area contributed by atoms with Gasteiger partial charge in [0.15, 0.2) is 0 Å². The Hall–Kier alpha value is -1.59. The van der Waals surface area contributed by atoms with Gasteiger partial charge in [0.2, 0.25) is 0 Å². The van der Waals surface area contributed by atoms with Crippen molar-refractivity contribution in [2.45, 2.75) is 32.1 Å². The minimum Gasteiger partial charge on any atom is -0.399 e. The van der Waals surface area contributed by atoms with Gasteiger partial charge < -0.3 is 20.5 Å². The van der Waals surface area contributed by atoms with E-state index in [-0.39, 0.29) is 12.7 Å². The number of fused-ring (bicyclic) bond motifs is 1. The maximum atomic E-state index is 9.38. The van der Waals surface area contributed by atoms with Gasteiger partial charge in [0, 0.05) is 12.2 Å². The Kier molecular flexibility index (Phi) is 2.72. The molecule has 3 rings (SSSR count). The zero-order valence-electron chi connectivity index (χ0n) is 10.1. The fourth-order valence-electron chi connectivity index (χ4n) is 2.63. The molecule has 1 heterocycles. The first-order chi connectivity index (χ1) is 8.67. The van der Waals surface area contributed by atoms with E-state index in [1.807, 2.05) is 22.8 Å². The van der Waals surface area contributed by atoms with E-state index in [2.05, 4.69) is 4.98 Å². The average Bonchev–Trinajstić information content (AvgIpc) is 2.64. The number of aromatic nitrogens is 2. The average molecular weight is 247 g/mol. The molecule has 18 heavy (non-hydrogen) atoms. The molecule has 1 aromatic carbocycles. The van der Waals surface area contributed by atoms with E-state index in [4.69, 9.17) is 5.73 Å². The van der Waals surface area contributed by atoms with Crippen molar-refractivity contribution in [1.29, 1.82) is 0 Å². The smallest absolute Gasteiger partial charge is 0.135 e. The van der Waals surface area contributed by atoms with Crippen molar-refractivity contribution in [2.75, 3.05) is 5.73 Å². The zero-order chi connectivity index (χ0) is 12.7. The van der Waals surface area contributed by atoms with Crippen LogP contribution in [-0.4, -0.2) is 25.9 Å². The number of benzene rings is 1. The second-order valence-corrected chi connectivity index (χ2v) is 5.04. The van der Waals surface area contributed by atoms with Gasteiger partial charge in [0.25, 0.3) is 0 Å². The number of nitrogen functional groups attached to an aromatic ring is 1. The standard InChI is InChI=1S/C13H17N3O2/c14-9-1-2-12-11(5-9)15-13(7-17)16(12)6-8-3-10(18)4-8/h1-2,5,8,10,17-18H,3-4,6-7,14H2. The molecule has 0 radical (unpaired) electrons. The molecule has 1 aliphatic rings. The van der Waals surface area contributed by atoms with Crippen LogP contribution in [0.2, 0.25) is 0 Å². The van der Waals surface area contributed by atoms with Crippen molar-refractivity contribution < 1.29 is 10.2 Å². The molecule has 0 atom stereocenters. The van der Waals surface area contributed by atoms with E-state index in [9.17, 15) is 10.2 Å². The van der Waals surface area contributed by atoms with Gasteiger partial charge in [-0.3, -0.25) is 0 Å². The lowest BCUT2D eigenvalue weighted by molar-refractivity contribution is 0.0349. The molecular weight excluding hydrogens is 230 g/mol. The van der Waals surface area contributed by atoms with Crippen molar-refractivity contribution in [1.82, 2.24) is 9.55 Å². The summed E-state index contributed by atoms with van der Waals surface area (Å²) in [5.41, 5.74) is 8.23. The van der Waals surface area contributed by atoms with Crippen molar-refractivity contribution in [2.24, 2.45) is 5.92 Å². The van der Waals surface area contributed by atoms with Crippen LogP contribution in [0.25, 0.3) is 11.0 Å². The Balaban J connectivity index is 1.97. The molecule has 0 bridgehead atoms. The van der Waals surface area contributed by atoms with Gasteiger partial charge in [0.1, 0.15) is 12.4 Å². The summed E-state index contributed by atoms with van der Waals surface area (Å²) in [6.45, 7) is 0.719. The molecule has 1 saturated carbocycles. The minimum absolute atomic E-state index is 0.0795. The summed E-state index contributed by atoms with van der Waals surface area (Å²) < 4.78 is 2.03. The SMILES string of the molecule is Nc1ccc2c(c1)nc(CO)n2CC1CC(O)C1.